The topological polar surface area (TPSA) is 72.3 Å². The van der Waals surface area contributed by atoms with Crippen molar-refractivity contribution in [3.05, 3.63) is 12.2 Å². The first kappa shape index (κ1) is 16.7. The number of aryl methyl sites for hydroxylation is 1. The Balaban J connectivity index is 1.82. The van der Waals surface area contributed by atoms with Crippen LogP contribution in [0.25, 0.3) is 0 Å². The summed E-state index contributed by atoms with van der Waals surface area (Å²) in [7, 11) is 0. The van der Waals surface area contributed by atoms with Gasteiger partial charge in [0.15, 0.2) is 0 Å². The third kappa shape index (κ3) is 4.43. The molecule has 1 saturated heterocycles. The van der Waals surface area contributed by atoms with Crippen LogP contribution in [0.4, 0.5) is 4.79 Å². The van der Waals surface area contributed by atoms with Gasteiger partial charge in [0.25, 0.3) is 0 Å². The van der Waals surface area contributed by atoms with Gasteiger partial charge in [-0.25, -0.2) is 4.79 Å². The highest BCUT2D eigenvalue weighted by atomic mass is 16.6. The van der Waals surface area contributed by atoms with Gasteiger partial charge in [0, 0.05) is 25.7 Å². The molecule has 1 fully saturated rings. The van der Waals surface area contributed by atoms with Gasteiger partial charge in [0.05, 0.1) is 6.54 Å². The van der Waals surface area contributed by atoms with E-state index in [4.69, 9.17) is 4.74 Å². The molecule has 1 unspecified atom stereocenters. The van der Waals surface area contributed by atoms with E-state index in [1.807, 2.05) is 30.2 Å². The second kappa shape index (κ2) is 7.09. The summed E-state index contributed by atoms with van der Waals surface area (Å²) in [6.07, 6.45) is 3.55. The van der Waals surface area contributed by atoms with Crippen LogP contribution in [-0.2, 0) is 17.8 Å². The summed E-state index contributed by atoms with van der Waals surface area (Å²) >= 11 is 0. The highest BCUT2D eigenvalue weighted by molar-refractivity contribution is 5.69. The second-order valence-electron chi connectivity index (χ2n) is 6.63. The second-order valence-corrected chi connectivity index (χ2v) is 6.63. The number of likely N-dealkylation sites (tertiary alicyclic amines) is 1. The van der Waals surface area contributed by atoms with E-state index in [0.29, 0.717) is 6.54 Å². The lowest BCUT2D eigenvalue weighted by molar-refractivity contribution is 0.0226. The summed E-state index contributed by atoms with van der Waals surface area (Å²) in [4.78, 5) is 14.0. The molecule has 2 heterocycles. The largest absolute Gasteiger partial charge is 0.444 e. The molecule has 0 spiro atoms. The van der Waals surface area contributed by atoms with Crippen LogP contribution in [0.1, 0.15) is 46.4 Å². The van der Waals surface area contributed by atoms with Crippen molar-refractivity contribution in [1.82, 2.24) is 25.0 Å². The first-order valence-electron chi connectivity index (χ1n) is 7.97. The molecule has 0 radical (unpaired) electrons. The molecule has 2 rings (SSSR count). The van der Waals surface area contributed by atoms with Crippen LogP contribution >= 0.6 is 0 Å². The molecule has 1 aromatic rings. The van der Waals surface area contributed by atoms with Crippen molar-refractivity contribution < 1.29 is 9.53 Å². The molecule has 7 heteroatoms. The van der Waals surface area contributed by atoms with Gasteiger partial charge in [-0.3, -0.25) is 0 Å². The smallest absolute Gasteiger partial charge is 0.410 e. The van der Waals surface area contributed by atoms with Crippen molar-refractivity contribution >= 4 is 6.09 Å². The van der Waals surface area contributed by atoms with Crippen LogP contribution in [0.5, 0.6) is 0 Å². The molecular weight excluding hydrogens is 282 g/mol. The molecule has 0 saturated carbocycles. The van der Waals surface area contributed by atoms with E-state index < -0.39 is 5.60 Å². The summed E-state index contributed by atoms with van der Waals surface area (Å²) in [6.45, 7) is 10.8. The van der Waals surface area contributed by atoms with Gasteiger partial charge < -0.3 is 19.5 Å². The molecule has 0 aromatic carbocycles. The summed E-state index contributed by atoms with van der Waals surface area (Å²) in [6, 6.07) is 0.188. The average molecular weight is 309 g/mol. The van der Waals surface area contributed by atoms with Crippen molar-refractivity contribution in [2.45, 2.75) is 65.3 Å². The number of rotatable bonds is 5. The van der Waals surface area contributed by atoms with Gasteiger partial charge in [0.2, 0.25) is 0 Å². The first-order valence-corrected chi connectivity index (χ1v) is 7.97. The highest BCUT2D eigenvalue weighted by Crippen LogP contribution is 2.20. The van der Waals surface area contributed by atoms with E-state index >= 15 is 0 Å². The zero-order valence-electron chi connectivity index (χ0n) is 14.0. The maximum atomic E-state index is 12.2. The fourth-order valence-electron chi connectivity index (χ4n) is 2.64. The Hall–Kier alpha value is -1.63. The Morgan fingerprint density at radius 1 is 1.50 bits per heavy atom. The summed E-state index contributed by atoms with van der Waals surface area (Å²) in [5.74, 6) is 0.921. The third-order valence-electron chi connectivity index (χ3n) is 3.70. The maximum absolute atomic E-state index is 12.2. The minimum Gasteiger partial charge on any atom is -0.444 e. The van der Waals surface area contributed by atoms with Crippen LogP contribution in [0, 0.1) is 0 Å². The van der Waals surface area contributed by atoms with Crippen molar-refractivity contribution in [2.24, 2.45) is 0 Å². The van der Waals surface area contributed by atoms with Gasteiger partial charge in [-0.05, 0) is 40.5 Å². The Bertz CT molecular complexity index is 494. The van der Waals surface area contributed by atoms with Crippen LogP contribution in [0.15, 0.2) is 6.33 Å². The van der Waals surface area contributed by atoms with E-state index in [2.05, 4.69) is 22.4 Å². The molecular formula is C15H27N5O2. The lowest BCUT2D eigenvalue weighted by Crippen LogP contribution is -2.44. The van der Waals surface area contributed by atoms with Gasteiger partial charge in [-0.2, -0.15) is 0 Å². The highest BCUT2D eigenvalue weighted by Gasteiger charge is 2.31. The number of hydrogen-bond acceptors (Lipinski definition) is 5. The number of amides is 1. The number of nitrogens with zero attached hydrogens (tertiary/aromatic N) is 4. The number of hydrogen-bond donors (Lipinski definition) is 1. The lowest BCUT2D eigenvalue weighted by atomic mass is 10.2. The zero-order valence-corrected chi connectivity index (χ0v) is 14.0. The summed E-state index contributed by atoms with van der Waals surface area (Å²) in [5.41, 5.74) is -0.449. The normalized spacial score (nSPS) is 18.7. The lowest BCUT2D eigenvalue weighted by Gasteiger charge is -2.28. The molecule has 0 aliphatic carbocycles. The van der Waals surface area contributed by atoms with E-state index in [1.54, 1.807) is 6.33 Å². The van der Waals surface area contributed by atoms with E-state index in [1.165, 1.54) is 0 Å². The average Bonchev–Trinajstić information content (AvgIpc) is 3.05. The van der Waals surface area contributed by atoms with E-state index in [0.717, 1.165) is 38.3 Å². The van der Waals surface area contributed by atoms with Gasteiger partial charge in [0.1, 0.15) is 17.8 Å². The van der Waals surface area contributed by atoms with Crippen LogP contribution in [0.2, 0.25) is 0 Å². The predicted octanol–water partition coefficient (Wildman–Crippen LogP) is 1.79. The van der Waals surface area contributed by atoms with Crippen LogP contribution < -0.4 is 5.32 Å². The third-order valence-corrected chi connectivity index (χ3v) is 3.70. The number of carbonyl (C=O) groups is 1. The van der Waals surface area contributed by atoms with Crippen molar-refractivity contribution in [3.63, 3.8) is 0 Å². The molecule has 0 bridgehead atoms. The molecule has 1 aromatic heterocycles. The Morgan fingerprint density at radius 3 is 2.95 bits per heavy atom. The molecule has 1 N–H and O–H groups in total. The first-order chi connectivity index (χ1) is 10.4. The standard InChI is InChI=1S/C15H27N5O2/c1-5-19-11-17-18-13(19)10-16-9-12-7-6-8-20(12)14(21)22-15(2,3)4/h11-12,16H,5-10H2,1-4H3. The van der Waals surface area contributed by atoms with Gasteiger partial charge in [-0.1, -0.05) is 0 Å². The number of nitrogens with one attached hydrogen (secondary N) is 1. The predicted molar refractivity (Wildman–Crippen MR) is 83.4 cm³/mol. The molecule has 1 aliphatic rings. The quantitative estimate of drug-likeness (QED) is 0.897. The monoisotopic (exact) mass is 309 g/mol. The van der Waals surface area contributed by atoms with Crippen LogP contribution in [-0.4, -0.2) is 50.5 Å². The fraction of sp³-hybridized carbons (Fsp3) is 0.800. The molecule has 22 heavy (non-hydrogen) atoms. The Morgan fingerprint density at radius 2 is 2.27 bits per heavy atom. The zero-order chi connectivity index (χ0) is 16.2. The molecule has 124 valence electrons. The van der Waals surface area contributed by atoms with Crippen LogP contribution in [0.3, 0.4) is 0 Å². The molecule has 7 nitrogen and oxygen atoms in total. The fourth-order valence-corrected chi connectivity index (χ4v) is 2.64. The number of ether oxygens (including phenoxy) is 1. The summed E-state index contributed by atoms with van der Waals surface area (Å²) < 4.78 is 7.48. The maximum Gasteiger partial charge on any atom is 0.410 e. The molecule has 1 aliphatic heterocycles. The summed E-state index contributed by atoms with van der Waals surface area (Å²) in [5, 5.41) is 11.4. The number of aromatic nitrogens is 3. The van der Waals surface area contributed by atoms with Gasteiger partial charge >= 0.3 is 6.09 Å². The molecule has 1 atom stereocenters. The Labute approximate surface area is 132 Å². The minimum atomic E-state index is -0.449. The van der Waals surface area contributed by atoms with Crippen molar-refractivity contribution in [1.29, 1.82) is 0 Å². The van der Waals surface area contributed by atoms with Gasteiger partial charge in [-0.15, -0.1) is 10.2 Å². The van der Waals surface area contributed by atoms with Crippen molar-refractivity contribution in [2.75, 3.05) is 13.1 Å². The van der Waals surface area contributed by atoms with E-state index in [9.17, 15) is 4.79 Å². The van der Waals surface area contributed by atoms with Crippen molar-refractivity contribution in [3.8, 4) is 0 Å². The van der Waals surface area contributed by atoms with E-state index in [-0.39, 0.29) is 12.1 Å². The number of carbonyl (C=O) groups excluding carboxylic acids is 1. The SMILES string of the molecule is CCn1cnnc1CNCC1CCCN1C(=O)OC(C)(C)C. The Kier molecular flexibility index (Phi) is 5.39. The minimum absolute atomic E-state index is 0.188. The molecule has 1 amide bonds.